The molecule has 1 N–H and O–H groups in total. The lowest BCUT2D eigenvalue weighted by molar-refractivity contribution is -0.168. The first-order valence-corrected chi connectivity index (χ1v) is 5.95. The summed E-state index contributed by atoms with van der Waals surface area (Å²) in [5.41, 5.74) is 0. The number of benzene rings is 1. The minimum absolute atomic E-state index is 0.0357. The van der Waals surface area contributed by atoms with Crippen molar-refractivity contribution in [2.45, 2.75) is 22.9 Å². The van der Waals surface area contributed by atoms with Crippen LogP contribution < -0.4 is 5.32 Å². The van der Waals surface area contributed by atoms with Gasteiger partial charge in [0.05, 0.1) is 11.3 Å². The molecule has 0 bridgehead atoms. The Morgan fingerprint density at radius 3 is 2.44 bits per heavy atom. The molecule has 2 unspecified atom stereocenters. The van der Waals surface area contributed by atoms with Crippen LogP contribution >= 0.6 is 11.8 Å². The fourth-order valence-electron chi connectivity index (χ4n) is 1.70. The average Bonchev–Trinajstić information content (AvgIpc) is 2.67. The zero-order valence-electron chi connectivity index (χ0n) is 8.50. The Labute approximate surface area is 96.4 Å². The van der Waals surface area contributed by atoms with Crippen LogP contribution in [0.5, 0.6) is 0 Å². The minimum atomic E-state index is -4.07. The number of halogens is 3. The molecule has 1 aliphatic rings. The highest BCUT2D eigenvalue weighted by atomic mass is 32.2. The van der Waals surface area contributed by atoms with Crippen LogP contribution in [0.25, 0.3) is 0 Å². The Balaban J connectivity index is 1.91. The molecule has 2 rings (SSSR count). The lowest BCUT2D eigenvalue weighted by atomic mass is 10.1. The van der Waals surface area contributed by atoms with Crippen molar-refractivity contribution in [1.82, 2.24) is 5.32 Å². The second-order valence-electron chi connectivity index (χ2n) is 3.80. The quantitative estimate of drug-likeness (QED) is 0.860. The Bertz CT molecular complexity index is 339. The van der Waals surface area contributed by atoms with E-state index in [1.807, 2.05) is 30.3 Å². The van der Waals surface area contributed by atoms with Crippen LogP contribution in [0.4, 0.5) is 13.2 Å². The Morgan fingerprint density at radius 2 is 1.88 bits per heavy atom. The van der Waals surface area contributed by atoms with Gasteiger partial charge in [0, 0.05) is 11.4 Å². The smallest absolute Gasteiger partial charge is 0.304 e. The molecule has 1 aliphatic heterocycles. The SMILES string of the molecule is FC(F)(F)C1CNC(Sc2ccccc2)C1. The van der Waals surface area contributed by atoms with Gasteiger partial charge in [-0.05, 0) is 18.6 Å². The Kier molecular flexibility index (Phi) is 3.44. The molecule has 1 aromatic carbocycles. The van der Waals surface area contributed by atoms with Gasteiger partial charge in [0.1, 0.15) is 0 Å². The van der Waals surface area contributed by atoms with Gasteiger partial charge in [-0.25, -0.2) is 0 Å². The van der Waals surface area contributed by atoms with E-state index in [0.717, 1.165) is 4.90 Å². The second kappa shape index (κ2) is 4.67. The summed E-state index contributed by atoms with van der Waals surface area (Å²) in [5, 5.41) is 2.77. The molecule has 0 radical (unpaired) electrons. The lowest BCUT2D eigenvalue weighted by Gasteiger charge is -2.13. The van der Waals surface area contributed by atoms with Crippen molar-refractivity contribution in [2.75, 3.05) is 6.54 Å². The topological polar surface area (TPSA) is 12.0 Å². The van der Waals surface area contributed by atoms with Gasteiger partial charge in [-0.15, -0.1) is 11.8 Å². The van der Waals surface area contributed by atoms with E-state index in [0.29, 0.717) is 0 Å². The fraction of sp³-hybridized carbons (Fsp3) is 0.455. The summed E-state index contributed by atoms with van der Waals surface area (Å²) in [6, 6.07) is 9.49. The van der Waals surface area contributed by atoms with Crippen LogP contribution in [0.1, 0.15) is 6.42 Å². The Morgan fingerprint density at radius 1 is 1.19 bits per heavy atom. The number of hydrogen-bond donors (Lipinski definition) is 1. The first-order chi connectivity index (χ1) is 7.55. The highest BCUT2D eigenvalue weighted by Gasteiger charge is 2.44. The van der Waals surface area contributed by atoms with E-state index in [1.54, 1.807) is 0 Å². The maximum atomic E-state index is 12.4. The van der Waals surface area contributed by atoms with E-state index in [9.17, 15) is 13.2 Å². The molecule has 88 valence electrons. The second-order valence-corrected chi connectivity index (χ2v) is 5.08. The van der Waals surface area contributed by atoms with Gasteiger partial charge < -0.3 is 5.32 Å². The molecule has 16 heavy (non-hydrogen) atoms. The van der Waals surface area contributed by atoms with Gasteiger partial charge in [-0.3, -0.25) is 0 Å². The molecule has 1 heterocycles. The highest BCUT2D eigenvalue weighted by Crippen LogP contribution is 2.37. The van der Waals surface area contributed by atoms with E-state index in [-0.39, 0.29) is 18.3 Å². The van der Waals surface area contributed by atoms with Gasteiger partial charge in [0.15, 0.2) is 0 Å². The number of alkyl halides is 3. The molecule has 1 aromatic rings. The maximum Gasteiger partial charge on any atom is 0.393 e. The molecule has 5 heteroatoms. The van der Waals surface area contributed by atoms with Crippen LogP contribution in [-0.2, 0) is 0 Å². The van der Waals surface area contributed by atoms with Gasteiger partial charge in [0.25, 0.3) is 0 Å². The van der Waals surface area contributed by atoms with Crippen molar-refractivity contribution in [1.29, 1.82) is 0 Å². The molecular weight excluding hydrogens is 235 g/mol. The molecule has 0 aromatic heterocycles. The van der Waals surface area contributed by atoms with Crippen molar-refractivity contribution >= 4 is 11.8 Å². The molecule has 1 fully saturated rings. The largest absolute Gasteiger partial charge is 0.393 e. The van der Waals surface area contributed by atoms with Crippen LogP contribution in [0, 0.1) is 5.92 Å². The number of rotatable bonds is 2. The zero-order chi connectivity index (χ0) is 11.6. The molecule has 2 atom stereocenters. The van der Waals surface area contributed by atoms with Crippen LogP contribution in [0.2, 0.25) is 0 Å². The van der Waals surface area contributed by atoms with Crippen molar-refractivity contribution < 1.29 is 13.2 Å². The Hall–Kier alpha value is -0.680. The van der Waals surface area contributed by atoms with E-state index in [4.69, 9.17) is 0 Å². The third-order valence-corrected chi connectivity index (χ3v) is 3.76. The molecule has 0 saturated carbocycles. The molecular formula is C11H12F3NS. The van der Waals surface area contributed by atoms with Crippen LogP contribution in [0.3, 0.4) is 0 Å². The minimum Gasteiger partial charge on any atom is -0.304 e. The number of nitrogens with one attached hydrogen (secondary N) is 1. The highest BCUT2D eigenvalue weighted by molar-refractivity contribution is 7.99. The summed E-state index contributed by atoms with van der Waals surface area (Å²) < 4.78 is 37.3. The normalized spacial score (nSPS) is 25.9. The zero-order valence-corrected chi connectivity index (χ0v) is 9.31. The average molecular weight is 247 g/mol. The van der Waals surface area contributed by atoms with Gasteiger partial charge >= 0.3 is 6.18 Å². The van der Waals surface area contributed by atoms with E-state index in [1.165, 1.54) is 11.8 Å². The van der Waals surface area contributed by atoms with Gasteiger partial charge in [0.2, 0.25) is 0 Å². The van der Waals surface area contributed by atoms with Crippen molar-refractivity contribution in [3.05, 3.63) is 30.3 Å². The summed E-state index contributed by atoms with van der Waals surface area (Å²) in [4.78, 5) is 1.00. The van der Waals surface area contributed by atoms with Crippen LogP contribution in [0.15, 0.2) is 35.2 Å². The van der Waals surface area contributed by atoms with E-state index in [2.05, 4.69) is 5.32 Å². The molecule has 1 saturated heterocycles. The third kappa shape index (κ3) is 2.92. The monoisotopic (exact) mass is 247 g/mol. The van der Waals surface area contributed by atoms with Gasteiger partial charge in [-0.1, -0.05) is 18.2 Å². The van der Waals surface area contributed by atoms with Crippen LogP contribution in [-0.4, -0.2) is 18.1 Å². The number of thioether (sulfide) groups is 1. The summed E-state index contributed by atoms with van der Waals surface area (Å²) in [6.07, 6.45) is -3.91. The summed E-state index contributed by atoms with van der Waals surface area (Å²) in [5.74, 6) is -1.20. The fourth-order valence-corrected chi connectivity index (χ4v) is 2.85. The van der Waals surface area contributed by atoms with Gasteiger partial charge in [-0.2, -0.15) is 13.2 Å². The van der Waals surface area contributed by atoms with Crippen molar-refractivity contribution in [2.24, 2.45) is 5.92 Å². The molecule has 0 spiro atoms. The van der Waals surface area contributed by atoms with E-state index >= 15 is 0 Å². The molecule has 1 nitrogen and oxygen atoms in total. The van der Waals surface area contributed by atoms with Crippen molar-refractivity contribution in [3.8, 4) is 0 Å². The number of hydrogen-bond acceptors (Lipinski definition) is 2. The predicted octanol–water partition coefficient (Wildman–Crippen LogP) is 3.28. The van der Waals surface area contributed by atoms with E-state index < -0.39 is 12.1 Å². The standard InChI is InChI=1S/C11H12F3NS/c12-11(13,14)8-6-10(15-7-8)16-9-4-2-1-3-5-9/h1-5,8,10,15H,6-7H2. The summed E-state index contributed by atoms with van der Waals surface area (Å²) in [7, 11) is 0. The first kappa shape index (κ1) is 11.8. The lowest BCUT2D eigenvalue weighted by Crippen LogP contribution is -2.24. The maximum absolute atomic E-state index is 12.4. The predicted molar refractivity (Wildman–Crippen MR) is 58.3 cm³/mol. The van der Waals surface area contributed by atoms with Crippen molar-refractivity contribution in [3.63, 3.8) is 0 Å². The summed E-state index contributed by atoms with van der Waals surface area (Å²) >= 11 is 1.46. The summed E-state index contributed by atoms with van der Waals surface area (Å²) in [6.45, 7) is 0.0357. The molecule has 0 amide bonds. The third-order valence-electron chi connectivity index (χ3n) is 2.57. The molecule has 0 aliphatic carbocycles. The first-order valence-electron chi connectivity index (χ1n) is 5.07.